The fraction of sp³-hybridized carbons (Fsp3) is 0.857. The molecule has 0 bridgehead atoms. The number of nitrogens with one attached hydrogen (secondary N) is 1. The van der Waals surface area contributed by atoms with Gasteiger partial charge in [0.05, 0.1) is 25.4 Å². The molecule has 0 saturated carbocycles. The Morgan fingerprint density at radius 1 is 0.452 bits per heavy atom. The maximum Gasteiger partial charge on any atom is 0.305 e. The number of carbonyl (C=O) groups excluding carboxylic acids is 2. The van der Waals surface area contributed by atoms with Crippen LogP contribution in [0.3, 0.4) is 0 Å². The maximum absolute atomic E-state index is 12.5. The molecule has 0 aliphatic rings. The molecule has 364 valence electrons. The number of aliphatic hydroxyl groups excluding tert-OH is 2. The van der Waals surface area contributed by atoms with Crippen LogP contribution >= 0.6 is 0 Å². The molecule has 62 heavy (non-hydrogen) atoms. The number of amides is 1. The van der Waals surface area contributed by atoms with Crippen LogP contribution in [0.15, 0.2) is 36.5 Å². The van der Waals surface area contributed by atoms with Gasteiger partial charge in [0.15, 0.2) is 0 Å². The van der Waals surface area contributed by atoms with Gasteiger partial charge in [0.25, 0.3) is 0 Å². The SMILES string of the molecule is CCCCC/C=C\C/C=C\CCCCCCCC(=O)OCCCCCC/C=C\CCCC(=O)NC(CO)C(O)CCCCCCCCCCCCCCCCCCCCCCC. The van der Waals surface area contributed by atoms with Crippen molar-refractivity contribution < 1.29 is 24.5 Å². The second kappa shape index (κ2) is 51.7. The number of allylic oxidation sites excluding steroid dienone is 6. The monoisotopic (exact) mass is 872 g/mol. The number of rotatable bonds is 50. The lowest BCUT2D eigenvalue weighted by atomic mass is 10.0. The molecule has 0 aromatic carbocycles. The van der Waals surface area contributed by atoms with Crippen molar-refractivity contribution in [2.75, 3.05) is 13.2 Å². The third-order valence-electron chi connectivity index (χ3n) is 12.4. The first-order valence-corrected chi connectivity index (χ1v) is 27.2. The summed E-state index contributed by atoms with van der Waals surface area (Å²) in [6.07, 6.45) is 62.7. The zero-order valence-corrected chi connectivity index (χ0v) is 41.4. The van der Waals surface area contributed by atoms with E-state index in [4.69, 9.17) is 4.74 Å². The highest BCUT2D eigenvalue weighted by Gasteiger charge is 2.20. The zero-order chi connectivity index (χ0) is 45.1. The van der Waals surface area contributed by atoms with Gasteiger partial charge in [0.1, 0.15) is 0 Å². The largest absolute Gasteiger partial charge is 0.466 e. The summed E-state index contributed by atoms with van der Waals surface area (Å²) in [5.41, 5.74) is 0. The lowest BCUT2D eigenvalue weighted by Crippen LogP contribution is -2.45. The van der Waals surface area contributed by atoms with E-state index in [-0.39, 0.29) is 18.5 Å². The summed E-state index contributed by atoms with van der Waals surface area (Å²) >= 11 is 0. The van der Waals surface area contributed by atoms with Gasteiger partial charge in [-0.15, -0.1) is 0 Å². The van der Waals surface area contributed by atoms with Crippen molar-refractivity contribution in [3.05, 3.63) is 36.5 Å². The summed E-state index contributed by atoms with van der Waals surface area (Å²) in [5, 5.41) is 23.2. The second-order valence-corrected chi connectivity index (χ2v) is 18.6. The molecule has 0 aliphatic carbocycles. The van der Waals surface area contributed by atoms with Gasteiger partial charge in [-0.05, 0) is 77.0 Å². The van der Waals surface area contributed by atoms with Crippen LogP contribution in [0.5, 0.6) is 0 Å². The van der Waals surface area contributed by atoms with Gasteiger partial charge in [-0.1, -0.05) is 230 Å². The minimum atomic E-state index is -0.697. The van der Waals surface area contributed by atoms with Crippen molar-refractivity contribution in [3.63, 3.8) is 0 Å². The average Bonchev–Trinajstić information content (AvgIpc) is 3.27. The van der Waals surface area contributed by atoms with Crippen LogP contribution < -0.4 is 5.32 Å². The van der Waals surface area contributed by atoms with Crippen LogP contribution in [-0.2, 0) is 14.3 Å². The van der Waals surface area contributed by atoms with E-state index in [1.807, 2.05) is 0 Å². The average molecular weight is 872 g/mol. The molecule has 6 nitrogen and oxygen atoms in total. The molecule has 0 spiro atoms. The standard InChI is InChI=1S/C56H105NO5/c1-3-5-7-9-11-13-15-17-19-20-21-22-23-24-26-27-29-32-36-40-44-48-54(59)53(52-58)57-55(60)49-45-41-37-33-31-35-39-43-47-51-62-56(61)50-46-42-38-34-30-28-25-18-16-14-12-10-8-6-4-2/h12,14,18,25,33,37,53-54,58-59H,3-11,13,15-17,19-24,26-32,34-36,38-52H2,1-2H3,(H,57,60)/b14-12-,25-18-,37-33-. The molecule has 1 amide bonds. The molecule has 6 heteroatoms. The minimum Gasteiger partial charge on any atom is -0.466 e. The first kappa shape index (κ1) is 60.1. The first-order chi connectivity index (χ1) is 30.5. The predicted octanol–water partition coefficient (Wildman–Crippen LogP) is 16.5. The summed E-state index contributed by atoms with van der Waals surface area (Å²) in [7, 11) is 0. The highest BCUT2D eigenvalue weighted by atomic mass is 16.5. The number of unbranched alkanes of at least 4 members (excludes halogenated alkanes) is 33. The molecule has 2 atom stereocenters. The van der Waals surface area contributed by atoms with Crippen molar-refractivity contribution >= 4 is 11.9 Å². The van der Waals surface area contributed by atoms with E-state index < -0.39 is 12.1 Å². The highest BCUT2D eigenvalue weighted by Crippen LogP contribution is 2.17. The molecule has 3 N–H and O–H groups in total. The molecule has 0 radical (unpaired) electrons. The van der Waals surface area contributed by atoms with E-state index in [0.29, 0.717) is 25.9 Å². The van der Waals surface area contributed by atoms with Crippen molar-refractivity contribution in [2.45, 2.75) is 296 Å². The van der Waals surface area contributed by atoms with Crippen LogP contribution in [-0.4, -0.2) is 47.4 Å². The molecule has 0 saturated heterocycles. The number of aliphatic hydroxyl groups is 2. The normalized spacial score (nSPS) is 12.9. The minimum absolute atomic E-state index is 0.0494. The second-order valence-electron chi connectivity index (χ2n) is 18.6. The molecule has 2 unspecified atom stereocenters. The first-order valence-electron chi connectivity index (χ1n) is 27.2. The van der Waals surface area contributed by atoms with Crippen LogP contribution in [0.1, 0.15) is 284 Å². The van der Waals surface area contributed by atoms with Crippen LogP contribution in [0.2, 0.25) is 0 Å². The zero-order valence-electron chi connectivity index (χ0n) is 41.4. The van der Waals surface area contributed by atoms with Crippen molar-refractivity contribution in [1.29, 1.82) is 0 Å². The number of hydrogen-bond acceptors (Lipinski definition) is 5. The predicted molar refractivity (Wildman–Crippen MR) is 269 cm³/mol. The number of ether oxygens (including phenoxy) is 1. The van der Waals surface area contributed by atoms with Gasteiger partial charge in [-0.25, -0.2) is 0 Å². The third kappa shape index (κ3) is 47.6. The molecule has 0 rings (SSSR count). The Morgan fingerprint density at radius 2 is 0.823 bits per heavy atom. The van der Waals surface area contributed by atoms with Crippen molar-refractivity contribution in [2.24, 2.45) is 0 Å². The van der Waals surface area contributed by atoms with Crippen molar-refractivity contribution in [3.8, 4) is 0 Å². The quantitative estimate of drug-likeness (QED) is 0.0321. The molecule has 0 fully saturated rings. The Kier molecular flexibility index (Phi) is 50.1. The Hall–Kier alpha value is -1.92. The molecule has 0 heterocycles. The Balaban J connectivity index is 3.54. The maximum atomic E-state index is 12.5. The van der Waals surface area contributed by atoms with E-state index in [1.165, 1.54) is 167 Å². The molecule has 0 aliphatic heterocycles. The van der Waals surface area contributed by atoms with E-state index in [2.05, 4.69) is 55.6 Å². The number of carbonyl (C=O) groups is 2. The van der Waals surface area contributed by atoms with Gasteiger partial charge in [0, 0.05) is 12.8 Å². The summed E-state index contributed by atoms with van der Waals surface area (Å²) in [6.45, 7) is 4.84. The van der Waals surface area contributed by atoms with Crippen molar-refractivity contribution in [1.82, 2.24) is 5.32 Å². The van der Waals surface area contributed by atoms with Gasteiger partial charge >= 0.3 is 5.97 Å². The number of hydrogen-bond donors (Lipinski definition) is 3. The Bertz CT molecular complexity index is 1010. The lowest BCUT2D eigenvalue weighted by Gasteiger charge is -2.22. The Labute approximate surface area is 385 Å². The summed E-state index contributed by atoms with van der Waals surface area (Å²) in [6, 6.07) is -0.581. The molecule has 0 aromatic heterocycles. The van der Waals surface area contributed by atoms with Crippen LogP contribution in [0, 0.1) is 0 Å². The Morgan fingerprint density at radius 3 is 1.31 bits per heavy atom. The van der Waals surface area contributed by atoms with Gasteiger partial charge < -0.3 is 20.3 Å². The van der Waals surface area contributed by atoms with E-state index in [9.17, 15) is 19.8 Å². The number of esters is 1. The molecular weight excluding hydrogens is 767 g/mol. The van der Waals surface area contributed by atoms with Gasteiger partial charge in [-0.3, -0.25) is 9.59 Å². The van der Waals surface area contributed by atoms with Gasteiger partial charge in [-0.2, -0.15) is 0 Å². The van der Waals surface area contributed by atoms with Crippen LogP contribution in [0.25, 0.3) is 0 Å². The lowest BCUT2D eigenvalue weighted by molar-refractivity contribution is -0.143. The fourth-order valence-corrected chi connectivity index (χ4v) is 8.20. The van der Waals surface area contributed by atoms with E-state index in [1.54, 1.807) is 0 Å². The molecular formula is C56H105NO5. The summed E-state index contributed by atoms with van der Waals surface area (Å²) in [4.78, 5) is 24.5. The summed E-state index contributed by atoms with van der Waals surface area (Å²) in [5.74, 6) is -0.145. The third-order valence-corrected chi connectivity index (χ3v) is 12.4. The fourth-order valence-electron chi connectivity index (χ4n) is 8.20. The topological polar surface area (TPSA) is 95.9 Å². The van der Waals surface area contributed by atoms with E-state index in [0.717, 1.165) is 83.5 Å². The van der Waals surface area contributed by atoms with Crippen LogP contribution in [0.4, 0.5) is 0 Å². The highest BCUT2D eigenvalue weighted by molar-refractivity contribution is 5.76. The summed E-state index contributed by atoms with van der Waals surface area (Å²) < 4.78 is 5.43. The van der Waals surface area contributed by atoms with Gasteiger partial charge in [0.2, 0.25) is 5.91 Å². The smallest absolute Gasteiger partial charge is 0.305 e. The molecule has 0 aromatic rings. The van der Waals surface area contributed by atoms with E-state index >= 15 is 0 Å².